The monoisotopic (exact) mass is 231 g/mol. The summed E-state index contributed by atoms with van der Waals surface area (Å²) in [4.78, 5) is 11.5. The van der Waals surface area contributed by atoms with Gasteiger partial charge in [-0.15, -0.1) is 0 Å². The Morgan fingerprint density at radius 3 is 2.82 bits per heavy atom. The maximum absolute atomic E-state index is 11.5. The summed E-state index contributed by atoms with van der Waals surface area (Å²) in [6, 6.07) is 7.39. The van der Waals surface area contributed by atoms with Crippen LogP contribution in [-0.4, -0.2) is 12.1 Å². The average molecular weight is 231 g/mol. The van der Waals surface area contributed by atoms with Crippen molar-refractivity contribution in [3.8, 4) is 0 Å². The molecule has 0 spiro atoms. The molecule has 0 amide bonds. The van der Waals surface area contributed by atoms with Crippen molar-refractivity contribution in [2.45, 2.75) is 31.8 Å². The molecule has 1 fully saturated rings. The third-order valence-electron chi connectivity index (χ3n) is 2.91. The van der Waals surface area contributed by atoms with Gasteiger partial charge in [0, 0.05) is 11.8 Å². The van der Waals surface area contributed by atoms with Gasteiger partial charge in [0.25, 0.3) is 0 Å². The Kier molecular flexibility index (Phi) is 3.81. The summed E-state index contributed by atoms with van der Waals surface area (Å²) in [5.41, 5.74) is 7.25. The molecule has 1 aliphatic rings. The largest absolute Gasteiger partial charge is 0.459 e. The van der Waals surface area contributed by atoms with E-state index in [1.165, 1.54) is 6.08 Å². The number of ether oxygens (including phenoxy) is 1. The Balaban J connectivity index is 1.89. The van der Waals surface area contributed by atoms with Crippen LogP contribution in [0.2, 0.25) is 0 Å². The predicted molar refractivity (Wildman–Crippen MR) is 68.2 cm³/mol. The first-order valence-electron chi connectivity index (χ1n) is 5.98. The van der Waals surface area contributed by atoms with E-state index in [9.17, 15) is 4.79 Å². The van der Waals surface area contributed by atoms with Crippen LogP contribution in [0, 0.1) is 0 Å². The van der Waals surface area contributed by atoms with Crippen LogP contribution in [0.3, 0.4) is 0 Å². The van der Waals surface area contributed by atoms with Crippen molar-refractivity contribution in [3.05, 3.63) is 35.9 Å². The second-order valence-electron chi connectivity index (χ2n) is 4.35. The molecule has 0 radical (unpaired) electrons. The van der Waals surface area contributed by atoms with Crippen molar-refractivity contribution < 1.29 is 9.53 Å². The molecule has 3 heteroatoms. The summed E-state index contributed by atoms with van der Waals surface area (Å²) in [5, 5.41) is 0. The predicted octanol–water partition coefficient (Wildman–Crippen LogP) is 2.77. The maximum Gasteiger partial charge on any atom is 0.331 e. The molecule has 2 N–H and O–H groups in total. The number of esters is 1. The fourth-order valence-electron chi connectivity index (χ4n) is 2.04. The molecule has 0 aliphatic heterocycles. The summed E-state index contributed by atoms with van der Waals surface area (Å²) in [6.45, 7) is 0. The molecule has 2 rings (SSSR count). The van der Waals surface area contributed by atoms with E-state index in [0.717, 1.165) is 31.2 Å². The lowest BCUT2D eigenvalue weighted by Crippen LogP contribution is -2.12. The van der Waals surface area contributed by atoms with Crippen molar-refractivity contribution >= 4 is 17.7 Å². The fraction of sp³-hybridized carbons (Fsp3) is 0.357. The van der Waals surface area contributed by atoms with Gasteiger partial charge in [0.15, 0.2) is 0 Å². The van der Waals surface area contributed by atoms with E-state index in [4.69, 9.17) is 10.5 Å². The van der Waals surface area contributed by atoms with Crippen LogP contribution < -0.4 is 5.73 Å². The summed E-state index contributed by atoms with van der Waals surface area (Å²) in [5.74, 6) is -0.265. The van der Waals surface area contributed by atoms with E-state index in [0.29, 0.717) is 5.69 Å². The van der Waals surface area contributed by atoms with Gasteiger partial charge in [-0.3, -0.25) is 0 Å². The van der Waals surface area contributed by atoms with Gasteiger partial charge in [-0.25, -0.2) is 4.79 Å². The smallest absolute Gasteiger partial charge is 0.331 e. The van der Waals surface area contributed by atoms with Crippen LogP contribution in [0.4, 0.5) is 5.69 Å². The molecule has 0 heterocycles. The Morgan fingerprint density at radius 2 is 2.12 bits per heavy atom. The molecule has 0 bridgehead atoms. The van der Waals surface area contributed by atoms with Crippen LogP contribution in [0.25, 0.3) is 6.08 Å². The summed E-state index contributed by atoms with van der Waals surface area (Å²) < 4.78 is 5.31. The van der Waals surface area contributed by atoms with Crippen molar-refractivity contribution in [2.75, 3.05) is 5.73 Å². The molecule has 17 heavy (non-hydrogen) atoms. The van der Waals surface area contributed by atoms with Gasteiger partial charge in [0.1, 0.15) is 6.10 Å². The molecule has 0 saturated heterocycles. The molecular formula is C14H17NO2. The zero-order chi connectivity index (χ0) is 12.1. The van der Waals surface area contributed by atoms with Gasteiger partial charge < -0.3 is 10.5 Å². The fourth-order valence-corrected chi connectivity index (χ4v) is 2.04. The van der Waals surface area contributed by atoms with E-state index in [2.05, 4.69) is 0 Å². The highest BCUT2D eigenvalue weighted by atomic mass is 16.5. The number of nitrogens with two attached hydrogens (primary N) is 1. The zero-order valence-electron chi connectivity index (χ0n) is 9.76. The topological polar surface area (TPSA) is 52.3 Å². The SMILES string of the molecule is Nc1cccc(/C=C/C(=O)OC2CCCC2)c1. The lowest BCUT2D eigenvalue weighted by atomic mass is 10.2. The van der Waals surface area contributed by atoms with Crippen LogP contribution in [0.15, 0.2) is 30.3 Å². The molecule has 0 atom stereocenters. The standard InChI is InChI=1S/C14H17NO2/c15-12-5-3-4-11(10-12)8-9-14(16)17-13-6-1-2-7-13/h3-5,8-10,13H,1-2,6-7,15H2/b9-8+. The first-order valence-corrected chi connectivity index (χ1v) is 5.98. The first kappa shape index (κ1) is 11.7. The Morgan fingerprint density at radius 1 is 1.35 bits per heavy atom. The molecule has 3 nitrogen and oxygen atoms in total. The zero-order valence-corrected chi connectivity index (χ0v) is 9.76. The Bertz CT molecular complexity index is 420. The number of carbonyl (C=O) groups excluding carboxylic acids is 1. The van der Waals surface area contributed by atoms with Crippen molar-refractivity contribution in [2.24, 2.45) is 0 Å². The number of rotatable bonds is 3. The van der Waals surface area contributed by atoms with Crippen LogP contribution in [0.5, 0.6) is 0 Å². The summed E-state index contributed by atoms with van der Waals surface area (Å²) >= 11 is 0. The highest BCUT2D eigenvalue weighted by Gasteiger charge is 2.17. The Hall–Kier alpha value is -1.77. The molecule has 1 saturated carbocycles. The Labute approximate surface area is 101 Å². The molecule has 1 aromatic carbocycles. The summed E-state index contributed by atoms with van der Waals surface area (Å²) in [6.07, 6.45) is 7.64. The maximum atomic E-state index is 11.5. The second-order valence-corrected chi connectivity index (χ2v) is 4.35. The molecule has 1 aliphatic carbocycles. The van der Waals surface area contributed by atoms with E-state index < -0.39 is 0 Å². The number of benzene rings is 1. The van der Waals surface area contributed by atoms with Crippen molar-refractivity contribution in [1.29, 1.82) is 0 Å². The van der Waals surface area contributed by atoms with Crippen LogP contribution >= 0.6 is 0 Å². The molecule has 0 unspecified atom stereocenters. The third kappa shape index (κ3) is 3.63. The molecule has 90 valence electrons. The molecule has 1 aromatic rings. The van der Waals surface area contributed by atoms with Crippen LogP contribution in [0.1, 0.15) is 31.2 Å². The minimum absolute atomic E-state index is 0.119. The number of nitrogen functional groups attached to an aromatic ring is 1. The van der Waals surface area contributed by atoms with Gasteiger partial charge >= 0.3 is 5.97 Å². The van der Waals surface area contributed by atoms with Gasteiger partial charge in [0.05, 0.1) is 0 Å². The van der Waals surface area contributed by atoms with Gasteiger partial charge in [-0.1, -0.05) is 12.1 Å². The first-order chi connectivity index (χ1) is 8.24. The molecule has 0 aromatic heterocycles. The summed E-state index contributed by atoms with van der Waals surface area (Å²) in [7, 11) is 0. The minimum Gasteiger partial charge on any atom is -0.459 e. The highest BCUT2D eigenvalue weighted by Crippen LogP contribution is 2.21. The normalized spacial score (nSPS) is 16.5. The van der Waals surface area contributed by atoms with Crippen molar-refractivity contribution in [1.82, 2.24) is 0 Å². The number of hydrogen-bond acceptors (Lipinski definition) is 3. The quantitative estimate of drug-likeness (QED) is 0.494. The molecular weight excluding hydrogens is 214 g/mol. The number of carbonyl (C=O) groups is 1. The lowest BCUT2D eigenvalue weighted by molar-refractivity contribution is -0.142. The lowest BCUT2D eigenvalue weighted by Gasteiger charge is -2.08. The second kappa shape index (κ2) is 5.53. The third-order valence-corrected chi connectivity index (χ3v) is 2.91. The van der Waals surface area contributed by atoms with E-state index in [-0.39, 0.29) is 12.1 Å². The number of hydrogen-bond donors (Lipinski definition) is 1. The minimum atomic E-state index is -0.265. The van der Waals surface area contributed by atoms with Crippen molar-refractivity contribution in [3.63, 3.8) is 0 Å². The number of anilines is 1. The van der Waals surface area contributed by atoms with Gasteiger partial charge in [0.2, 0.25) is 0 Å². The van der Waals surface area contributed by atoms with Gasteiger partial charge in [-0.05, 0) is 49.5 Å². The average Bonchev–Trinajstić information content (AvgIpc) is 2.79. The van der Waals surface area contributed by atoms with Crippen LogP contribution in [-0.2, 0) is 9.53 Å². The van der Waals surface area contributed by atoms with E-state index >= 15 is 0 Å². The van der Waals surface area contributed by atoms with Gasteiger partial charge in [-0.2, -0.15) is 0 Å². The van der Waals surface area contributed by atoms with E-state index in [1.54, 1.807) is 6.08 Å². The van der Waals surface area contributed by atoms with E-state index in [1.807, 2.05) is 24.3 Å². The highest BCUT2D eigenvalue weighted by molar-refractivity contribution is 5.87.